The lowest BCUT2D eigenvalue weighted by Crippen LogP contribution is -1.97. The average molecular weight is 625 g/mol. The van der Waals surface area contributed by atoms with Gasteiger partial charge in [-0.15, -0.1) is 0 Å². The van der Waals surface area contributed by atoms with Crippen molar-refractivity contribution >= 4 is 32.3 Å². The van der Waals surface area contributed by atoms with Crippen molar-refractivity contribution in [2.45, 2.75) is 0 Å². The number of hydrogen-bond acceptors (Lipinski definition) is 1. The topological polar surface area (TPSA) is 9.23 Å². The summed E-state index contributed by atoms with van der Waals surface area (Å²) in [7, 11) is 0. The fourth-order valence-electron chi connectivity index (χ4n) is 8.23. The van der Waals surface area contributed by atoms with E-state index in [0.717, 1.165) is 88.1 Å². The summed E-state index contributed by atoms with van der Waals surface area (Å²) in [6.45, 7) is 0. The summed E-state index contributed by atoms with van der Waals surface area (Å²) in [4.78, 5) is 0. The number of ether oxygens (including phenoxy) is 1. The third kappa shape index (κ3) is 3.76. The smallest absolute Gasteiger partial charge is 0.135 e. The number of hydrogen-bond donors (Lipinski definition) is 0. The summed E-state index contributed by atoms with van der Waals surface area (Å²) < 4.78 is 44.3. The van der Waals surface area contributed by atoms with Gasteiger partial charge in [0.2, 0.25) is 0 Å². The van der Waals surface area contributed by atoms with Crippen molar-refractivity contribution in [1.29, 1.82) is 0 Å². The largest absolute Gasteiger partial charge is 0.456 e. The van der Waals surface area contributed by atoms with Crippen LogP contribution in [0, 0.1) is 0 Å². The molecule has 11 rings (SSSR count). The molecule has 9 aromatic rings. The van der Waals surface area contributed by atoms with Gasteiger partial charge in [-0.2, -0.15) is 0 Å². The molecule has 0 atom stereocenters. The fraction of sp³-hybridized carbons (Fsp3) is 0. The number of benzene rings is 9. The van der Waals surface area contributed by atoms with Crippen molar-refractivity contribution in [3.05, 3.63) is 170 Å². The Morgan fingerprint density at radius 2 is 1.00 bits per heavy atom. The van der Waals surface area contributed by atoms with E-state index in [2.05, 4.69) is 91.0 Å². The molecule has 1 aliphatic carbocycles. The lowest BCUT2D eigenvalue weighted by atomic mass is 9.82. The quantitative estimate of drug-likeness (QED) is 0.190. The molecule has 0 radical (unpaired) electrons. The van der Waals surface area contributed by atoms with Gasteiger partial charge >= 0.3 is 0 Å². The second-order valence-electron chi connectivity index (χ2n) is 12.8. The van der Waals surface area contributed by atoms with E-state index in [1.165, 1.54) is 0 Å². The number of fused-ring (bicyclic) bond motifs is 6. The second-order valence-corrected chi connectivity index (χ2v) is 12.8. The zero-order valence-electron chi connectivity index (χ0n) is 30.3. The second kappa shape index (κ2) is 10.0. The molecule has 0 saturated carbocycles. The normalized spacial score (nSPS) is 13.4. The molecule has 0 bridgehead atoms. The Labute approximate surface area is 289 Å². The maximum absolute atomic E-state index is 9.98. The highest BCUT2D eigenvalue weighted by atomic mass is 16.5. The first-order valence-electron chi connectivity index (χ1n) is 18.6. The molecular formula is C48H28O. The maximum atomic E-state index is 9.98. The minimum absolute atomic E-state index is 0.0641. The van der Waals surface area contributed by atoms with Crippen LogP contribution >= 0.6 is 0 Å². The summed E-state index contributed by atoms with van der Waals surface area (Å²) >= 11 is 0. The molecule has 0 saturated heterocycles. The molecule has 49 heavy (non-hydrogen) atoms. The molecule has 1 aliphatic heterocycles. The molecule has 0 aromatic heterocycles. The van der Waals surface area contributed by atoms with Crippen LogP contribution < -0.4 is 4.74 Å². The summed E-state index contributed by atoms with van der Waals surface area (Å²) in [5, 5.41) is 6.28. The van der Waals surface area contributed by atoms with Gasteiger partial charge in [0.15, 0.2) is 0 Å². The molecule has 9 aromatic carbocycles. The molecule has 0 unspecified atom stereocenters. The third-order valence-corrected chi connectivity index (χ3v) is 10.2. The van der Waals surface area contributed by atoms with Crippen LogP contribution in [0.1, 0.15) is 5.48 Å². The van der Waals surface area contributed by atoms with Gasteiger partial charge in [-0.25, -0.2) is 0 Å². The molecule has 0 N–H and O–H groups in total. The predicted molar refractivity (Wildman–Crippen MR) is 205 cm³/mol. The van der Waals surface area contributed by atoms with E-state index >= 15 is 0 Å². The zero-order valence-corrected chi connectivity index (χ0v) is 26.3. The standard InChI is InChI=1S/C48H28O/c1-2-11-31(12-3-1)45-35-19-4-5-20-36(35)46(48-39-23-9-14-29-13-8-22-38(43(29)39)47(45)48)34-18-6-17-32(27-34)33-25-26-41-40(28-33)37-21-7-15-30-16-10-24-42(49-41)44(30)37/h1-28H/i6D,17D,18D,27D. The molecule has 2 aliphatic rings. The van der Waals surface area contributed by atoms with Crippen LogP contribution in [0.25, 0.3) is 99.1 Å². The van der Waals surface area contributed by atoms with Crippen LogP contribution in [-0.4, -0.2) is 0 Å². The highest BCUT2D eigenvalue weighted by Gasteiger charge is 2.30. The van der Waals surface area contributed by atoms with Gasteiger partial charge < -0.3 is 4.74 Å². The Hall–Kier alpha value is -6.44. The lowest BCUT2D eigenvalue weighted by molar-refractivity contribution is 0.487. The van der Waals surface area contributed by atoms with E-state index in [0.29, 0.717) is 22.4 Å². The summed E-state index contributed by atoms with van der Waals surface area (Å²) in [5.41, 5.74) is 10.4. The molecule has 1 heterocycles. The Kier molecular flexibility index (Phi) is 4.70. The summed E-state index contributed by atoms with van der Waals surface area (Å²) in [5.74, 6) is 1.50. The third-order valence-electron chi connectivity index (χ3n) is 10.2. The van der Waals surface area contributed by atoms with Crippen molar-refractivity contribution in [3.63, 3.8) is 0 Å². The van der Waals surface area contributed by atoms with Gasteiger partial charge in [0.25, 0.3) is 0 Å². The van der Waals surface area contributed by atoms with Gasteiger partial charge in [0, 0.05) is 10.9 Å². The van der Waals surface area contributed by atoms with Crippen LogP contribution in [0.15, 0.2) is 170 Å². The lowest BCUT2D eigenvalue weighted by Gasteiger charge is -2.22. The van der Waals surface area contributed by atoms with E-state index in [1.54, 1.807) is 0 Å². The van der Waals surface area contributed by atoms with Crippen molar-refractivity contribution in [3.8, 4) is 78.3 Å². The highest BCUT2D eigenvalue weighted by molar-refractivity contribution is 6.27. The fourth-order valence-corrected chi connectivity index (χ4v) is 8.23. The molecular weight excluding hydrogens is 593 g/mol. The highest BCUT2D eigenvalue weighted by Crippen LogP contribution is 2.58. The van der Waals surface area contributed by atoms with Gasteiger partial charge in [-0.3, -0.25) is 0 Å². The van der Waals surface area contributed by atoms with E-state index in [4.69, 9.17) is 4.74 Å². The minimum Gasteiger partial charge on any atom is -0.456 e. The molecule has 0 fully saturated rings. The molecule has 1 nitrogen and oxygen atoms in total. The summed E-state index contributed by atoms with van der Waals surface area (Å²) in [6.07, 6.45) is 0. The van der Waals surface area contributed by atoms with E-state index in [9.17, 15) is 5.48 Å². The van der Waals surface area contributed by atoms with Crippen LogP contribution in [0.3, 0.4) is 0 Å². The van der Waals surface area contributed by atoms with Crippen molar-refractivity contribution in [1.82, 2.24) is 0 Å². The SMILES string of the molecule is [2H]c1c([2H])c(-c2ccc3c(c2)-c2cccc4cccc(c24)O3)c([2H])c(-c2c3c(c(-c4ccccc4)c4ccccc24)-c2cccc4cccc-3c24)c1[2H]. The molecule has 1 heteroatoms. The Morgan fingerprint density at radius 1 is 0.388 bits per heavy atom. The Morgan fingerprint density at radius 3 is 1.73 bits per heavy atom. The first-order valence-corrected chi connectivity index (χ1v) is 16.6. The van der Waals surface area contributed by atoms with Crippen LogP contribution in [0.4, 0.5) is 0 Å². The maximum Gasteiger partial charge on any atom is 0.135 e. The molecule has 0 amide bonds. The van der Waals surface area contributed by atoms with Gasteiger partial charge in [0.05, 0.1) is 5.48 Å². The zero-order chi connectivity index (χ0) is 35.5. The molecule has 0 spiro atoms. The van der Waals surface area contributed by atoms with Crippen LogP contribution in [-0.2, 0) is 0 Å². The predicted octanol–water partition coefficient (Wildman–Crippen LogP) is 13.6. The molecule has 226 valence electrons. The number of rotatable bonds is 3. The Bertz CT molecular complexity index is 3060. The van der Waals surface area contributed by atoms with Crippen molar-refractivity contribution in [2.24, 2.45) is 0 Å². The average Bonchev–Trinajstić information content (AvgIpc) is 3.53. The monoisotopic (exact) mass is 624 g/mol. The van der Waals surface area contributed by atoms with Gasteiger partial charge in [-0.05, 0) is 112 Å². The van der Waals surface area contributed by atoms with Crippen LogP contribution in [0.2, 0.25) is 0 Å². The van der Waals surface area contributed by atoms with E-state index < -0.39 is 0 Å². The van der Waals surface area contributed by atoms with Crippen molar-refractivity contribution < 1.29 is 10.2 Å². The Balaban J connectivity index is 1.25. The first kappa shape index (κ1) is 23.0. The van der Waals surface area contributed by atoms with Crippen molar-refractivity contribution in [2.75, 3.05) is 0 Å². The van der Waals surface area contributed by atoms with Gasteiger partial charge in [-0.1, -0.05) is 146 Å². The van der Waals surface area contributed by atoms with Crippen LogP contribution in [0.5, 0.6) is 11.5 Å². The summed E-state index contributed by atoms with van der Waals surface area (Å²) in [6, 6.07) is 49.0. The van der Waals surface area contributed by atoms with E-state index in [1.807, 2.05) is 54.6 Å². The van der Waals surface area contributed by atoms with Gasteiger partial charge in [0.1, 0.15) is 11.5 Å². The van der Waals surface area contributed by atoms with E-state index in [-0.39, 0.29) is 24.2 Å². The minimum atomic E-state index is -0.203. The first-order chi connectivity index (χ1) is 26.0.